The highest BCUT2D eigenvalue weighted by Crippen LogP contribution is 2.16. The quantitative estimate of drug-likeness (QED) is 0.646. The molecule has 0 N–H and O–H groups in total. The molecular formula is C11H16N2. The van der Waals surface area contributed by atoms with Gasteiger partial charge in [0.2, 0.25) is 0 Å². The Balaban J connectivity index is 2.32. The van der Waals surface area contributed by atoms with E-state index in [4.69, 9.17) is 0 Å². The zero-order valence-corrected chi connectivity index (χ0v) is 8.38. The highest BCUT2D eigenvalue weighted by molar-refractivity contribution is 5.27. The Labute approximate surface area is 79.6 Å². The largest absolute Gasteiger partial charge is 0.302 e. The molecule has 0 unspecified atom stereocenters. The molecule has 2 nitrogen and oxygen atoms in total. The van der Waals surface area contributed by atoms with Crippen LogP contribution in [0.4, 0.5) is 0 Å². The van der Waals surface area contributed by atoms with Crippen molar-refractivity contribution in [2.75, 3.05) is 13.6 Å². The van der Waals surface area contributed by atoms with E-state index in [1.165, 1.54) is 16.8 Å². The van der Waals surface area contributed by atoms with E-state index >= 15 is 0 Å². The van der Waals surface area contributed by atoms with Gasteiger partial charge in [0, 0.05) is 31.4 Å². The van der Waals surface area contributed by atoms with E-state index in [1.54, 1.807) is 0 Å². The highest BCUT2D eigenvalue weighted by atomic mass is 15.1. The number of hydrogen-bond donors (Lipinski definition) is 0. The fourth-order valence-electron chi connectivity index (χ4n) is 1.81. The molecule has 0 atom stereocenters. The molecule has 0 radical (unpaired) electrons. The van der Waals surface area contributed by atoms with Crippen molar-refractivity contribution in [1.82, 2.24) is 9.88 Å². The van der Waals surface area contributed by atoms with Crippen LogP contribution in [0.5, 0.6) is 0 Å². The van der Waals surface area contributed by atoms with Crippen molar-refractivity contribution in [3.8, 4) is 0 Å². The molecule has 0 spiro atoms. The number of nitrogens with zero attached hydrogens (tertiary/aromatic N) is 2. The Hall–Kier alpha value is -0.890. The normalized spacial score (nSPS) is 17.1. The summed E-state index contributed by atoms with van der Waals surface area (Å²) in [7, 11) is 2.17. The molecule has 2 heteroatoms. The van der Waals surface area contributed by atoms with E-state index in [0.717, 1.165) is 25.9 Å². The maximum atomic E-state index is 4.50. The highest BCUT2D eigenvalue weighted by Gasteiger charge is 2.13. The van der Waals surface area contributed by atoms with Gasteiger partial charge in [0.25, 0.3) is 0 Å². The number of hydrogen-bond acceptors (Lipinski definition) is 2. The van der Waals surface area contributed by atoms with Gasteiger partial charge in [0.15, 0.2) is 0 Å². The second kappa shape index (κ2) is 3.46. The molecule has 2 rings (SSSR count). The molecule has 0 saturated heterocycles. The first kappa shape index (κ1) is 8.70. The topological polar surface area (TPSA) is 16.1 Å². The lowest BCUT2D eigenvalue weighted by molar-refractivity contribution is 0.309. The third-order valence-electron chi connectivity index (χ3n) is 2.70. The van der Waals surface area contributed by atoms with Crippen molar-refractivity contribution in [2.24, 2.45) is 0 Å². The fraction of sp³-hybridized carbons (Fsp3) is 0.545. The van der Waals surface area contributed by atoms with Gasteiger partial charge in [-0.3, -0.25) is 4.98 Å². The van der Waals surface area contributed by atoms with E-state index in [1.807, 2.05) is 6.20 Å². The van der Waals surface area contributed by atoms with Crippen LogP contribution >= 0.6 is 0 Å². The maximum absolute atomic E-state index is 4.50. The van der Waals surface area contributed by atoms with Crippen LogP contribution in [0, 0.1) is 0 Å². The Morgan fingerprint density at radius 3 is 3.15 bits per heavy atom. The van der Waals surface area contributed by atoms with Crippen molar-refractivity contribution in [3.63, 3.8) is 0 Å². The first-order valence-electron chi connectivity index (χ1n) is 4.95. The van der Waals surface area contributed by atoms with Gasteiger partial charge in [-0.1, -0.05) is 13.0 Å². The first-order valence-corrected chi connectivity index (χ1v) is 4.95. The summed E-state index contributed by atoms with van der Waals surface area (Å²) in [5, 5.41) is 0. The van der Waals surface area contributed by atoms with Crippen LogP contribution in [-0.4, -0.2) is 23.5 Å². The minimum Gasteiger partial charge on any atom is -0.302 e. The summed E-state index contributed by atoms with van der Waals surface area (Å²) < 4.78 is 0. The Morgan fingerprint density at radius 1 is 1.54 bits per heavy atom. The molecule has 0 bridgehead atoms. The monoisotopic (exact) mass is 176 g/mol. The summed E-state index contributed by atoms with van der Waals surface area (Å²) in [5.41, 5.74) is 4.08. The third-order valence-corrected chi connectivity index (χ3v) is 2.70. The van der Waals surface area contributed by atoms with Gasteiger partial charge < -0.3 is 4.90 Å². The molecule has 1 aromatic rings. The number of pyridine rings is 1. The van der Waals surface area contributed by atoms with Crippen LogP contribution in [-0.2, 0) is 19.4 Å². The van der Waals surface area contributed by atoms with Gasteiger partial charge in [-0.25, -0.2) is 0 Å². The molecular weight excluding hydrogens is 160 g/mol. The summed E-state index contributed by atoms with van der Waals surface area (Å²) in [4.78, 5) is 6.85. The van der Waals surface area contributed by atoms with Gasteiger partial charge in [0.05, 0.1) is 0 Å². The van der Waals surface area contributed by atoms with Crippen molar-refractivity contribution in [3.05, 3.63) is 29.1 Å². The average molecular weight is 176 g/mol. The lowest BCUT2D eigenvalue weighted by Crippen LogP contribution is -2.27. The van der Waals surface area contributed by atoms with E-state index in [-0.39, 0.29) is 0 Å². The van der Waals surface area contributed by atoms with Crippen LogP contribution in [0.1, 0.15) is 23.7 Å². The Kier molecular flexibility index (Phi) is 2.32. The van der Waals surface area contributed by atoms with Crippen LogP contribution in [0.25, 0.3) is 0 Å². The Morgan fingerprint density at radius 2 is 2.38 bits per heavy atom. The summed E-state index contributed by atoms with van der Waals surface area (Å²) in [6.07, 6.45) is 4.21. The van der Waals surface area contributed by atoms with Crippen LogP contribution in [0.2, 0.25) is 0 Å². The van der Waals surface area contributed by atoms with E-state index < -0.39 is 0 Å². The smallest absolute Gasteiger partial charge is 0.0461 e. The minimum absolute atomic E-state index is 1.07. The molecule has 70 valence electrons. The lowest BCUT2D eigenvalue weighted by atomic mass is 10.0. The Bertz CT molecular complexity index is 307. The molecule has 1 aliphatic rings. The number of fused-ring (bicyclic) bond motifs is 1. The van der Waals surface area contributed by atoms with Crippen LogP contribution < -0.4 is 0 Å². The molecule has 0 aromatic carbocycles. The molecule has 0 amide bonds. The number of likely N-dealkylation sites (N-methyl/N-ethyl adjacent to an activating group) is 1. The predicted octanol–water partition coefficient (Wildman–Crippen LogP) is 1.63. The maximum Gasteiger partial charge on any atom is 0.0461 e. The van der Waals surface area contributed by atoms with Crippen molar-refractivity contribution in [2.45, 2.75) is 26.3 Å². The van der Waals surface area contributed by atoms with E-state index in [0.29, 0.717) is 0 Å². The molecule has 13 heavy (non-hydrogen) atoms. The average Bonchev–Trinajstić information content (AvgIpc) is 2.16. The van der Waals surface area contributed by atoms with E-state index in [9.17, 15) is 0 Å². The first-order chi connectivity index (χ1) is 6.29. The van der Waals surface area contributed by atoms with Gasteiger partial charge in [0.1, 0.15) is 0 Å². The molecule has 1 aliphatic heterocycles. The van der Waals surface area contributed by atoms with Crippen LogP contribution in [0.3, 0.4) is 0 Å². The van der Waals surface area contributed by atoms with Gasteiger partial charge in [-0.15, -0.1) is 0 Å². The molecule has 0 fully saturated rings. The summed E-state index contributed by atoms with van der Waals surface area (Å²) >= 11 is 0. The molecule has 0 saturated carbocycles. The molecule has 1 aromatic heterocycles. The predicted molar refractivity (Wildman–Crippen MR) is 53.7 cm³/mol. The standard InChI is InChI=1S/C11H16N2/c1-3-9-6-10-8-13(2)5-4-11(10)12-7-9/h6-7H,3-5,8H2,1-2H3. The third kappa shape index (κ3) is 1.73. The second-order valence-corrected chi connectivity index (χ2v) is 3.79. The van der Waals surface area contributed by atoms with Crippen molar-refractivity contribution < 1.29 is 0 Å². The summed E-state index contributed by atoms with van der Waals surface area (Å²) in [6.45, 7) is 4.39. The molecule has 0 aliphatic carbocycles. The van der Waals surface area contributed by atoms with Crippen LogP contribution in [0.15, 0.2) is 12.3 Å². The zero-order valence-electron chi connectivity index (χ0n) is 8.38. The zero-order chi connectivity index (χ0) is 9.26. The minimum atomic E-state index is 1.07. The number of aromatic nitrogens is 1. The number of aryl methyl sites for hydroxylation is 1. The van der Waals surface area contributed by atoms with Gasteiger partial charge in [-0.05, 0) is 24.6 Å². The number of rotatable bonds is 1. The van der Waals surface area contributed by atoms with Gasteiger partial charge in [-0.2, -0.15) is 0 Å². The summed E-state index contributed by atoms with van der Waals surface area (Å²) in [6, 6.07) is 2.30. The van der Waals surface area contributed by atoms with Gasteiger partial charge >= 0.3 is 0 Å². The SMILES string of the molecule is CCc1cnc2c(c1)CN(C)CC2. The second-order valence-electron chi connectivity index (χ2n) is 3.79. The summed E-state index contributed by atoms with van der Waals surface area (Å²) in [5.74, 6) is 0. The van der Waals surface area contributed by atoms with Crippen molar-refractivity contribution >= 4 is 0 Å². The molecule has 2 heterocycles. The van der Waals surface area contributed by atoms with Crippen molar-refractivity contribution in [1.29, 1.82) is 0 Å². The van der Waals surface area contributed by atoms with E-state index in [2.05, 4.69) is 29.9 Å². The fourth-order valence-corrected chi connectivity index (χ4v) is 1.81. The lowest BCUT2D eigenvalue weighted by Gasteiger charge is -2.24.